The summed E-state index contributed by atoms with van der Waals surface area (Å²) in [4.78, 5) is 38.2. The summed E-state index contributed by atoms with van der Waals surface area (Å²) in [6.45, 7) is 1.74. The van der Waals surface area contributed by atoms with E-state index in [4.69, 9.17) is 4.74 Å². The van der Waals surface area contributed by atoms with Crippen molar-refractivity contribution in [2.75, 3.05) is 13.2 Å². The molecule has 29 heavy (non-hydrogen) atoms. The number of nitrogens with zero attached hydrogens (tertiary/aromatic N) is 2. The summed E-state index contributed by atoms with van der Waals surface area (Å²) in [6.07, 6.45) is 8.63. The van der Waals surface area contributed by atoms with Gasteiger partial charge < -0.3 is 20.2 Å². The van der Waals surface area contributed by atoms with Gasteiger partial charge in [-0.05, 0) is 31.7 Å². The van der Waals surface area contributed by atoms with E-state index in [0.29, 0.717) is 11.5 Å². The third-order valence-corrected chi connectivity index (χ3v) is 4.75. The van der Waals surface area contributed by atoms with Gasteiger partial charge in [-0.15, -0.1) is 10.1 Å². The van der Waals surface area contributed by atoms with Crippen molar-refractivity contribution in [2.45, 2.75) is 59.2 Å². The number of pyridine rings is 1. The Morgan fingerprint density at radius 1 is 1.34 bits per heavy atom. The molecule has 2 rings (SSSR count). The van der Waals surface area contributed by atoms with Gasteiger partial charge in [-0.2, -0.15) is 4.57 Å². The van der Waals surface area contributed by atoms with Crippen molar-refractivity contribution in [2.24, 2.45) is 5.92 Å². The molecule has 0 saturated heterocycles. The number of hydrogen-bond acceptors (Lipinski definition) is 6. The minimum absolute atomic E-state index is 0. The van der Waals surface area contributed by atoms with Gasteiger partial charge >= 0.3 is 6.09 Å². The minimum Gasteiger partial charge on any atom is -0.388 e. The fourth-order valence-electron chi connectivity index (χ4n) is 3.24. The molecule has 1 atom stereocenters. The first-order valence-corrected chi connectivity index (χ1v) is 9.43. The van der Waals surface area contributed by atoms with Crippen LogP contribution in [0.3, 0.4) is 0 Å². The molecule has 1 aliphatic carbocycles. The van der Waals surface area contributed by atoms with E-state index >= 15 is 0 Å². The van der Waals surface area contributed by atoms with E-state index in [9.17, 15) is 19.7 Å². The molecule has 1 saturated carbocycles. The van der Waals surface area contributed by atoms with Crippen LogP contribution >= 0.6 is 0 Å². The Morgan fingerprint density at radius 2 is 2.07 bits per heavy atom. The molecule has 0 unspecified atom stereocenters. The van der Waals surface area contributed by atoms with Gasteiger partial charge in [0.2, 0.25) is 0 Å². The average Bonchev–Trinajstić information content (AvgIpc) is 2.70. The maximum absolute atomic E-state index is 12.0. The van der Waals surface area contributed by atoms with Crippen molar-refractivity contribution in [3.05, 3.63) is 40.2 Å². The van der Waals surface area contributed by atoms with Crippen LogP contribution in [0.25, 0.3) is 0 Å². The summed E-state index contributed by atoms with van der Waals surface area (Å²) in [5.41, 5.74) is 0.336. The van der Waals surface area contributed by atoms with Crippen LogP contribution in [-0.4, -0.2) is 36.3 Å². The summed E-state index contributed by atoms with van der Waals surface area (Å²) >= 11 is 0. The first kappa shape index (κ1) is 24.1. The van der Waals surface area contributed by atoms with Crippen LogP contribution < -0.4 is 15.2 Å². The third-order valence-electron chi connectivity index (χ3n) is 4.75. The zero-order valence-electron chi connectivity index (χ0n) is 16.0. The molecule has 1 fully saturated rings. The number of nitrogens with one attached hydrogen (secondary N) is 2. The molecule has 2 amide bonds. The summed E-state index contributed by atoms with van der Waals surface area (Å²) in [5.74, 6) is 0.0805. The van der Waals surface area contributed by atoms with Crippen LogP contribution in [0.15, 0.2) is 24.5 Å². The Hall–Kier alpha value is -2.91. The quantitative estimate of drug-likeness (QED) is 0.278. The second-order valence-corrected chi connectivity index (χ2v) is 6.81. The molecule has 2 N–H and O–H groups in total. The van der Waals surface area contributed by atoms with Crippen LogP contribution in [0.1, 0.15) is 56.8 Å². The van der Waals surface area contributed by atoms with E-state index in [1.165, 1.54) is 25.5 Å². The van der Waals surface area contributed by atoms with Crippen LogP contribution in [0.2, 0.25) is 0 Å². The molecule has 0 radical (unpaired) electrons. The Labute approximate surface area is 170 Å². The van der Waals surface area contributed by atoms with Gasteiger partial charge in [-0.3, -0.25) is 4.79 Å². The highest BCUT2D eigenvalue weighted by molar-refractivity contribution is 5.93. The topological polar surface area (TPSA) is 124 Å². The van der Waals surface area contributed by atoms with E-state index in [0.717, 1.165) is 12.8 Å². The van der Waals surface area contributed by atoms with Gasteiger partial charge in [0.15, 0.2) is 12.4 Å². The summed E-state index contributed by atoms with van der Waals surface area (Å²) in [5, 5.41) is 14.5. The highest BCUT2D eigenvalue weighted by atomic mass is 16.9. The van der Waals surface area contributed by atoms with Crippen molar-refractivity contribution in [1.29, 1.82) is 0 Å². The largest absolute Gasteiger partial charge is 0.412 e. The van der Waals surface area contributed by atoms with Gasteiger partial charge in [-0.1, -0.05) is 26.7 Å². The van der Waals surface area contributed by atoms with Gasteiger partial charge in [0.1, 0.15) is 12.2 Å². The van der Waals surface area contributed by atoms with Crippen LogP contribution in [-0.2, 0) is 16.3 Å². The SMILES string of the molecule is C.C[C@@H](NC(=O)OC[n+]1cccc(C(=O)NCCO[N+](=O)[O-])c1)C1CCCCC1. The zero-order chi connectivity index (χ0) is 20.4. The number of carbonyl (C=O) groups is 2. The number of carbonyl (C=O) groups excluding carboxylic acids is 2. The molecular weight excluding hydrogens is 380 g/mol. The van der Waals surface area contributed by atoms with Gasteiger partial charge in [0, 0.05) is 18.7 Å². The van der Waals surface area contributed by atoms with Crippen molar-refractivity contribution < 1.29 is 28.8 Å². The fraction of sp³-hybridized carbons (Fsp3) is 0.632. The molecule has 0 bridgehead atoms. The second-order valence-electron chi connectivity index (χ2n) is 6.81. The Morgan fingerprint density at radius 3 is 2.76 bits per heavy atom. The van der Waals surface area contributed by atoms with E-state index in [-0.39, 0.29) is 33.4 Å². The Bertz CT molecular complexity index is 678. The molecule has 1 heterocycles. The molecular formula is C19H31N4O6+. The molecule has 1 aromatic heterocycles. The lowest BCUT2D eigenvalue weighted by Crippen LogP contribution is -2.43. The lowest BCUT2D eigenvalue weighted by atomic mass is 9.85. The second kappa shape index (κ2) is 12.5. The van der Waals surface area contributed by atoms with Crippen molar-refractivity contribution in [3.63, 3.8) is 0 Å². The highest BCUT2D eigenvalue weighted by Gasteiger charge is 2.22. The number of aromatic nitrogens is 1. The van der Waals surface area contributed by atoms with Gasteiger partial charge in [-0.25, -0.2) is 4.79 Å². The maximum atomic E-state index is 12.0. The van der Waals surface area contributed by atoms with E-state index in [2.05, 4.69) is 15.5 Å². The van der Waals surface area contributed by atoms with E-state index in [1.807, 2.05) is 6.92 Å². The molecule has 10 heteroatoms. The van der Waals surface area contributed by atoms with E-state index in [1.54, 1.807) is 22.9 Å². The lowest BCUT2D eigenvalue weighted by Gasteiger charge is -2.27. The Balaban J connectivity index is 0.00000420. The monoisotopic (exact) mass is 411 g/mol. The molecule has 0 aromatic carbocycles. The molecule has 0 spiro atoms. The van der Waals surface area contributed by atoms with E-state index < -0.39 is 17.1 Å². The van der Waals surface area contributed by atoms with Crippen LogP contribution in [0.5, 0.6) is 0 Å². The summed E-state index contributed by atoms with van der Waals surface area (Å²) in [7, 11) is 0. The predicted molar refractivity (Wildman–Crippen MR) is 104 cm³/mol. The highest BCUT2D eigenvalue weighted by Crippen LogP contribution is 2.26. The minimum atomic E-state index is -0.917. The van der Waals surface area contributed by atoms with Crippen LogP contribution in [0.4, 0.5) is 4.79 Å². The predicted octanol–water partition coefficient (Wildman–Crippen LogP) is 2.20. The molecule has 162 valence electrons. The fourth-order valence-corrected chi connectivity index (χ4v) is 3.24. The number of alkyl carbamates (subject to hydrolysis) is 1. The molecule has 0 aliphatic heterocycles. The lowest BCUT2D eigenvalue weighted by molar-refractivity contribution is -0.757. The number of hydrogen-bond donors (Lipinski definition) is 2. The standard InChI is InChI=1S/C18H26N4O6.CH4/c1-14(15-6-3-2-4-7-15)20-18(24)27-13-21-10-5-8-16(12-21)17(23)19-9-11-28-22(25)26;/h5,8,10,12,14-15H,2-4,6-7,9,11,13H2,1H3,(H-,19,20,23,24);1H4/p+1/t14-;/m1./s1. The molecule has 1 aliphatic rings. The Kier molecular flexibility index (Phi) is 10.4. The normalized spacial score (nSPS) is 14.8. The van der Waals surface area contributed by atoms with Crippen molar-refractivity contribution in [3.8, 4) is 0 Å². The van der Waals surface area contributed by atoms with Crippen molar-refractivity contribution in [1.82, 2.24) is 10.6 Å². The number of ether oxygens (including phenoxy) is 1. The first-order valence-electron chi connectivity index (χ1n) is 9.43. The first-order chi connectivity index (χ1) is 13.5. The van der Waals surface area contributed by atoms with Crippen molar-refractivity contribution >= 4 is 12.0 Å². The van der Waals surface area contributed by atoms with Crippen LogP contribution in [0, 0.1) is 16.0 Å². The smallest absolute Gasteiger partial charge is 0.388 e. The number of amides is 2. The zero-order valence-corrected chi connectivity index (χ0v) is 16.0. The molecule has 10 nitrogen and oxygen atoms in total. The number of rotatable bonds is 9. The maximum Gasteiger partial charge on any atom is 0.412 e. The van der Waals surface area contributed by atoms with Gasteiger partial charge in [0.05, 0.1) is 0 Å². The summed E-state index contributed by atoms with van der Waals surface area (Å²) in [6, 6.07) is 3.30. The average molecular weight is 411 g/mol. The third kappa shape index (κ3) is 8.75. The summed E-state index contributed by atoms with van der Waals surface area (Å²) < 4.78 is 6.80. The van der Waals surface area contributed by atoms with Gasteiger partial charge in [0.25, 0.3) is 17.7 Å². The molecule has 1 aromatic rings.